The number of ether oxygens (including phenoxy) is 1. The molecular weight excluding hydrogens is 345 g/mol. The summed E-state index contributed by atoms with van der Waals surface area (Å²) < 4.78 is 23.5. The fraction of sp³-hybridized carbons (Fsp3) is 0.545. The van der Waals surface area contributed by atoms with E-state index in [0.717, 1.165) is 0 Å². The Labute approximate surface area is 135 Å². The van der Waals surface area contributed by atoms with Gasteiger partial charge in [-0.1, -0.05) is 4.98 Å². The molecular formula is C11H17N5O7P+. The maximum Gasteiger partial charge on any atom is 0.469 e. The van der Waals surface area contributed by atoms with Gasteiger partial charge in [-0.2, -0.15) is 0 Å². The third-order valence-corrected chi connectivity index (χ3v) is 4.25. The topological polar surface area (TPSA) is 177 Å². The molecule has 0 aromatic carbocycles. The number of nitrogens with zero attached hydrogens (tertiary/aromatic N) is 4. The zero-order valence-corrected chi connectivity index (χ0v) is 13.4. The van der Waals surface area contributed by atoms with Crippen LogP contribution in [-0.2, 0) is 20.9 Å². The molecule has 3 heterocycles. The number of aryl methyl sites for hydroxylation is 1. The first-order valence-electron chi connectivity index (χ1n) is 6.87. The monoisotopic (exact) mass is 362 g/mol. The van der Waals surface area contributed by atoms with Gasteiger partial charge in [0, 0.05) is 0 Å². The molecule has 1 aliphatic heterocycles. The SMILES string of the molecule is C[n+]1cnc2c(ncn2C2OC(COP(=O)(O)O)C(O)C2O)c1N. The van der Waals surface area contributed by atoms with Gasteiger partial charge in [0.15, 0.2) is 11.7 Å². The van der Waals surface area contributed by atoms with Gasteiger partial charge in [-0.15, -0.1) is 0 Å². The zero-order valence-electron chi connectivity index (χ0n) is 12.5. The van der Waals surface area contributed by atoms with Crippen molar-refractivity contribution in [3.8, 4) is 0 Å². The summed E-state index contributed by atoms with van der Waals surface area (Å²) in [7, 11) is -3.02. The van der Waals surface area contributed by atoms with Crippen LogP contribution in [0.2, 0.25) is 0 Å². The summed E-state index contributed by atoms with van der Waals surface area (Å²) in [6.45, 7) is -0.587. The first kappa shape index (κ1) is 17.2. The maximum absolute atomic E-state index is 10.8. The van der Waals surface area contributed by atoms with E-state index >= 15 is 0 Å². The molecule has 24 heavy (non-hydrogen) atoms. The van der Waals surface area contributed by atoms with Crippen molar-refractivity contribution in [3.05, 3.63) is 12.7 Å². The molecule has 13 heteroatoms. The molecule has 0 saturated carbocycles. The average molecular weight is 362 g/mol. The molecule has 0 bridgehead atoms. The molecule has 2 aromatic heterocycles. The molecule has 1 saturated heterocycles. The van der Waals surface area contributed by atoms with Crippen molar-refractivity contribution in [3.63, 3.8) is 0 Å². The van der Waals surface area contributed by atoms with E-state index in [4.69, 9.17) is 20.3 Å². The van der Waals surface area contributed by atoms with Crippen molar-refractivity contribution >= 4 is 24.8 Å². The number of aliphatic hydroxyl groups is 2. The number of rotatable bonds is 4. The van der Waals surface area contributed by atoms with Crippen molar-refractivity contribution in [1.29, 1.82) is 0 Å². The number of hydrogen-bond donors (Lipinski definition) is 5. The number of aromatic nitrogens is 4. The summed E-state index contributed by atoms with van der Waals surface area (Å²) in [6, 6.07) is 0. The summed E-state index contributed by atoms with van der Waals surface area (Å²) >= 11 is 0. The van der Waals surface area contributed by atoms with Gasteiger partial charge in [0.05, 0.1) is 13.7 Å². The number of phosphoric ester groups is 1. The quantitative estimate of drug-likeness (QED) is 0.290. The molecule has 1 aliphatic rings. The molecule has 0 aliphatic carbocycles. The standard InChI is InChI=1S/C11H16N5O7P/c1-15-3-14-10-6(9(15)12)13-4-16(10)11-8(18)7(17)5(23-11)2-22-24(19,20)21/h3-5,7-8,11-12,17-18H,2H2,1H3,(H2,19,20,21)/p+1. The number of imidazole rings is 1. The van der Waals surface area contributed by atoms with E-state index in [9.17, 15) is 14.8 Å². The van der Waals surface area contributed by atoms with Gasteiger partial charge in [0.25, 0.3) is 5.82 Å². The smallest absolute Gasteiger partial charge is 0.387 e. The van der Waals surface area contributed by atoms with Crippen LogP contribution in [-0.4, -0.2) is 59.5 Å². The zero-order chi connectivity index (χ0) is 17.6. The highest BCUT2D eigenvalue weighted by Crippen LogP contribution is 2.38. The summed E-state index contributed by atoms with van der Waals surface area (Å²) in [5.41, 5.74) is 6.62. The van der Waals surface area contributed by atoms with Gasteiger partial charge in [0.2, 0.25) is 12.0 Å². The van der Waals surface area contributed by atoms with E-state index in [1.165, 1.54) is 17.2 Å². The number of hydrogen-bond acceptors (Lipinski definition) is 8. The predicted molar refractivity (Wildman–Crippen MR) is 77.0 cm³/mol. The third-order valence-electron chi connectivity index (χ3n) is 3.76. The Bertz CT molecular complexity index is 807. The van der Waals surface area contributed by atoms with Crippen LogP contribution in [0.1, 0.15) is 6.23 Å². The highest BCUT2D eigenvalue weighted by molar-refractivity contribution is 7.46. The van der Waals surface area contributed by atoms with Crippen LogP contribution in [0.5, 0.6) is 0 Å². The van der Waals surface area contributed by atoms with Crippen molar-refractivity contribution in [1.82, 2.24) is 14.5 Å². The predicted octanol–water partition coefficient (Wildman–Crippen LogP) is -2.43. The number of phosphoric acid groups is 1. The van der Waals surface area contributed by atoms with Crippen molar-refractivity contribution in [2.45, 2.75) is 24.5 Å². The average Bonchev–Trinajstić information content (AvgIpc) is 3.04. The summed E-state index contributed by atoms with van der Waals surface area (Å²) in [6.07, 6.45) is -2.16. The summed E-state index contributed by atoms with van der Waals surface area (Å²) in [5.74, 6) is 0.355. The van der Waals surface area contributed by atoms with Crippen molar-refractivity contribution in [2.75, 3.05) is 12.3 Å². The van der Waals surface area contributed by atoms with E-state index in [2.05, 4.69) is 14.5 Å². The second-order valence-corrected chi connectivity index (χ2v) is 6.64. The first-order chi connectivity index (χ1) is 11.2. The molecule has 4 unspecified atom stereocenters. The fourth-order valence-corrected chi connectivity index (χ4v) is 2.83. The maximum atomic E-state index is 10.8. The lowest BCUT2D eigenvalue weighted by Crippen LogP contribution is -2.34. The summed E-state index contributed by atoms with van der Waals surface area (Å²) in [5, 5.41) is 20.2. The van der Waals surface area contributed by atoms with Gasteiger partial charge >= 0.3 is 7.82 Å². The van der Waals surface area contributed by atoms with Gasteiger partial charge < -0.3 is 30.5 Å². The van der Waals surface area contributed by atoms with Crippen LogP contribution in [0.25, 0.3) is 11.2 Å². The molecule has 6 N–H and O–H groups in total. The minimum Gasteiger partial charge on any atom is -0.387 e. The second kappa shape index (κ2) is 6.01. The minimum atomic E-state index is -4.72. The molecule has 0 spiro atoms. The number of fused-ring (bicyclic) bond motifs is 1. The Morgan fingerprint density at radius 1 is 1.42 bits per heavy atom. The molecule has 4 atom stereocenters. The number of nitrogen functional groups attached to an aromatic ring is 1. The largest absolute Gasteiger partial charge is 0.469 e. The van der Waals surface area contributed by atoms with E-state index in [0.29, 0.717) is 17.0 Å². The Morgan fingerprint density at radius 2 is 2.12 bits per heavy atom. The van der Waals surface area contributed by atoms with Gasteiger partial charge in [-0.3, -0.25) is 9.09 Å². The van der Waals surface area contributed by atoms with E-state index < -0.39 is 39.0 Å². The van der Waals surface area contributed by atoms with E-state index in [-0.39, 0.29) is 0 Å². The Morgan fingerprint density at radius 3 is 2.79 bits per heavy atom. The molecule has 132 valence electrons. The molecule has 12 nitrogen and oxygen atoms in total. The summed E-state index contributed by atoms with van der Waals surface area (Å²) in [4.78, 5) is 25.7. The van der Waals surface area contributed by atoms with Gasteiger partial charge in [-0.05, 0) is 0 Å². The lowest BCUT2D eigenvalue weighted by atomic mass is 10.1. The highest BCUT2D eigenvalue weighted by Gasteiger charge is 2.45. The van der Waals surface area contributed by atoms with E-state index in [1.807, 2.05) is 0 Å². The van der Waals surface area contributed by atoms with Crippen LogP contribution in [0.15, 0.2) is 12.7 Å². The van der Waals surface area contributed by atoms with Crippen LogP contribution >= 0.6 is 7.82 Å². The minimum absolute atomic E-state index is 0.332. The van der Waals surface area contributed by atoms with Gasteiger partial charge in [-0.25, -0.2) is 14.1 Å². The van der Waals surface area contributed by atoms with Gasteiger partial charge in [0.1, 0.15) is 24.6 Å². The highest BCUT2D eigenvalue weighted by atomic mass is 31.2. The Hall–Kier alpha value is -1.66. The first-order valence-corrected chi connectivity index (χ1v) is 8.40. The molecule has 2 aromatic rings. The van der Waals surface area contributed by atoms with Crippen molar-refractivity contribution in [2.24, 2.45) is 7.05 Å². The number of aliphatic hydroxyl groups excluding tert-OH is 2. The normalized spacial score (nSPS) is 27.9. The van der Waals surface area contributed by atoms with Crippen LogP contribution < -0.4 is 10.3 Å². The second-order valence-electron chi connectivity index (χ2n) is 5.40. The third kappa shape index (κ3) is 3.00. The fourth-order valence-electron chi connectivity index (χ4n) is 2.49. The number of anilines is 1. The van der Waals surface area contributed by atoms with Crippen LogP contribution in [0.3, 0.4) is 0 Å². The lowest BCUT2D eigenvalue weighted by Gasteiger charge is -2.15. The molecule has 0 amide bonds. The molecule has 3 rings (SSSR count). The molecule has 1 fully saturated rings. The van der Waals surface area contributed by atoms with Crippen LogP contribution in [0.4, 0.5) is 5.82 Å². The Kier molecular flexibility index (Phi) is 4.30. The molecule has 0 radical (unpaired) electrons. The van der Waals surface area contributed by atoms with E-state index in [1.54, 1.807) is 11.6 Å². The Balaban J connectivity index is 1.88. The number of nitrogens with two attached hydrogens (primary N) is 1. The van der Waals surface area contributed by atoms with Crippen molar-refractivity contribution < 1.29 is 38.4 Å². The van der Waals surface area contributed by atoms with Crippen LogP contribution in [0, 0.1) is 0 Å². The lowest BCUT2D eigenvalue weighted by molar-refractivity contribution is -0.658.